The SMILES string of the molecule is O=C(COc1ccc(Cl)cc1)Nc1nn2c(-c3ccccc3)nnc2s1. The van der Waals surface area contributed by atoms with E-state index >= 15 is 0 Å². The van der Waals surface area contributed by atoms with Gasteiger partial charge in [-0.1, -0.05) is 53.3 Å². The fourth-order valence-electron chi connectivity index (χ4n) is 2.27. The van der Waals surface area contributed by atoms with Crippen LogP contribution in [0.5, 0.6) is 5.75 Å². The van der Waals surface area contributed by atoms with Crippen molar-refractivity contribution in [2.75, 3.05) is 11.9 Å². The van der Waals surface area contributed by atoms with Gasteiger partial charge in [-0.2, -0.15) is 4.52 Å². The predicted octanol–water partition coefficient (Wildman–Crippen LogP) is 3.52. The molecule has 0 saturated heterocycles. The van der Waals surface area contributed by atoms with E-state index in [-0.39, 0.29) is 12.5 Å². The highest BCUT2D eigenvalue weighted by Gasteiger charge is 2.14. The second-order valence-corrected chi connectivity index (χ2v) is 6.67. The summed E-state index contributed by atoms with van der Waals surface area (Å²) in [6.07, 6.45) is 0. The van der Waals surface area contributed by atoms with Gasteiger partial charge >= 0.3 is 0 Å². The molecule has 4 rings (SSSR count). The van der Waals surface area contributed by atoms with Gasteiger partial charge in [-0.15, -0.1) is 15.3 Å². The zero-order valence-electron chi connectivity index (χ0n) is 13.3. The van der Waals surface area contributed by atoms with Crippen LogP contribution >= 0.6 is 22.9 Å². The van der Waals surface area contributed by atoms with Crippen molar-refractivity contribution in [1.29, 1.82) is 0 Å². The summed E-state index contributed by atoms with van der Waals surface area (Å²) in [6, 6.07) is 16.4. The summed E-state index contributed by atoms with van der Waals surface area (Å²) in [6.45, 7) is -0.132. The van der Waals surface area contributed by atoms with E-state index in [0.717, 1.165) is 5.56 Å². The topological polar surface area (TPSA) is 81.4 Å². The summed E-state index contributed by atoms with van der Waals surface area (Å²) in [7, 11) is 0. The molecular formula is C17H12ClN5O2S. The van der Waals surface area contributed by atoms with Crippen molar-refractivity contribution >= 4 is 38.9 Å². The van der Waals surface area contributed by atoms with Crippen LogP contribution in [0.15, 0.2) is 54.6 Å². The normalized spacial score (nSPS) is 10.8. The first kappa shape index (κ1) is 16.5. The summed E-state index contributed by atoms with van der Waals surface area (Å²) >= 11 is 7.05. The van der Waals surface area contributed by atoms with Gasteiger partial charge in [-0.05, 0) is 24.3 Å². The Labute approximate surface area is 157 Å². The van der Waals surface area contributed by atoms with Gasteiger partial charge in [-0.25, -0.2) is 0 Å². The molecule has 4 aromatic rings. The number of ether oxygens (including phenoxy) is 1. The minimum atomic E-state index is -0.314. The average molecular weight is 386 g/mol. The lowest BCUT2D eigenvalue weighted by Gasteiger charge is -2.05. The number of nitrogens with one attached hydrogen (secondary N) is 1. The van der Waals surface area contributed by atoms with Crippen LogP contribution in [-0.2, 0) is 4.79 Å². The Morgan fingerprint density at radius 2 is 1.88 bits per heavy atom. The lowest BCUT2D eigenvalue weighted by molar-refractivity contribution is -0.118. The van der Waals surface area contributed by atoms with E-state index in [0.29, 0.717) is 26.7 Å². The van der Waals surface area contributed by atoms with Crippen molar-refractivity contribution in [1.82, 2.24) is 19.8 Å². The first-order valence-corrected chi connectivity index (χ1v) is 8.84. The smallest absolute Gasteiger partial charge is 0.264 e. The molecule has 130 valence electrons. The van der Waals surface area contributed by atoms with E-state index in [1.165, 1.54) is 11.3 Å². The number of hydrogen-bond donors (Lipinski definition) is 1. The maximum Gasteiger partial charge on any atom is 0.264 e. The molecule has 1 amide bonds. The zero-order valence-corrected chi connectivity index (χ0v) is 14.9. The molecule has 0 bridgehead atoms. The Balaban J connectivity index is 1.45. The van der Waals surface area contributed by atoms with Crippen molar-refractivity contribution in [3.05, 3.63) is 59.6 Å². The number of fused-ring (bicyclic) bond motifs is 1. The maximum absolute atomic E-state index is 12.1. The second-order valence-electron chi connectivity index (χ2n) is 5.28. The van der Waals surface area contributed by atoms with Gasteiger partial charge in [0.05, 0.1) is 0 Å². The summed E-state index contributed by atoms with van der Waals surface area (Å²) in [5.74, 6) is 0.870. The van der Waals surface area contributed by atoms with Crippen molar-refractivity contribution in [2.24, 2.45) is 0 Å². The van der Waals surface area contributed by atoms with Crippen LogP contribution in [0.25, 0.3) is 16.3 Å². The van der Waals surface area contributed by atoms with E-state index in [1.54, 1.807) is 28.8 Å². The molecule has 7 nitrogen and oxygen atoms in total. The van der Waals surface area contributed by atoms with Crippen molar-refractivity contribution in [3.63, 3.8) is 0 Å². The van der Waals surface area contributed by atoms with Gasteiger partial charge in [0.2, 0.25) is 10.1 Å². The van der Waals surface area contributed by atoms with Crippen LogP contribution < -0.4 is 10.1 Å². The summed E-state index contributed by atoms with van der Waals surface area (Å²) < 4.78 is 7.02. The minimum Gasteiger partial charge on any atom is -0.484 e. The fourth-order valence-corrected chi connectivity index (χ4v) is 3.15. The molecule has 0 atom stereocenters. The zero-order chi connectivity index (χ0) is 17.9. The molecule has 9 heteroatoms. The van der Waals surface area contributed by atoms with Gasteiger partial charge < -0.3 is 4.74 Å². The molecule has 0 radical (unpaired) electrons. The van der Waals surface area contributed by atoms with Gasteiger partial charge in [0.25, 0.3) is 5.91 Å². The largest absolute Gasteiger partial charge is 0.484 e. The van der Waals surface area contributed by atoms with E-state index in [9.17, 15) is 4.79 Å². The minimum absolute atomic E-state index is 0.132. The van der Waals surface area contributed by atoms with Crippen LogP contribution in [-0.4, -0.2) is 32.3 Å². The van der Waals surface area contributed by atoms with Crippen LogP contribution in [0, 0.1) is 0 Å². The highest BCUT2D eigenvalue weighted by Crippen LogP contribution is 2.24. The summed E-state index contributed by atoms with van der Waals surface area (Å²) in [4.78, 5) is 12.7. The van der Waals surface area contributed by atoms with E-state index < -0.39 is 0 Å². The third-order valence-electron chi connectivity index (χ3n) is 3.45. The Bertz CT molecular complexity index is 1050. The fraction of sp³-hybridized carbons (Fsp3) is 0.0588. The summed E-state index contributed by atoms with van der Waals surface area (Å²) in [5.41, 5.74) is 0.897. The standard InChI is InChI=1S/C17H12ClN5O2S/c18-12-6-8-13(9-7-12)25-10-14(24)19-16-22-23-15(20-21-17(23)26-16)11-4-2-1-3-5-11/h1-9H,10H2,(H,19,22,24). The highest BCUT2D eigenvalue weighted by atomic mass is 35.5. The number of carbonyl (C=O) groups excluding carboxylic acids is 1. The molecule has 2 aromatic heterocycles. The Hall–Kier alpha value is -2.97. The molecule has 0 aliphatic carbocycles. The molecule has 0 aliphatic heterocycles. The molecule has 26 heavy (non-hydrogen) atoms. The maximum atomic E-state index is 12.1. The number of carbonyl (C=O) groups is 1. The molecule has 0 saturated carbocycles. The lowest BCUT2D eigenvalue weighted by Crippen LogP contribution is -2.20. The second kappa shape index (κ2) is 7.11. The summed E-state index contributed by atoms with van der Waals surface area (Å²) in [5, 5.41) is 16.3. The number of rotatable bonds is 5. The first-order chi connectivity index (χ1) is 12.7. The predicted molar refractivity (Wildman–Crippen MR) is 99.7 cm³/mol. The number of aromatic nitrogens is 4. The van der Waals surface area contributed by atoms with Crippen LogP contribution in [0.2, 0.25) is 5.02 Å². The molecule has 0 aliphatic rings. The molecular weight excluding hydrogens is 374 g/mol. The highest BCUT2D eigenvalue weighted by molar-refractivity contribution is 7.20. The molecule has 1 N–H and O–H groups in total. The van der Waals surface area contributed by atoms with Crippen LogP contribution in [0.1, 0.15) is 0 Å². The van der Waals surface area contributed by atoms with Crippen LogP contribution in [0.4, 0.5) is 5.13 Å². The Kier molecular flexibility index (Phi) is 4.51. The average Bonchev–Trinajstić information content (AvgIpc) is 3.22. The van der Waals surface area contributed by atoms with Gasteiger partial charge in [0.15, 0.2) is 12.4 Å². The van der Waals surface area contributed by atoms with E-state index in [1.807, 2.05) is 30.3 Å². The molecule has 0 fully saturated rings. The van der Waals surface area contributed by atoms with Crippen LogP contribution in [0.3, 0.4) is 0 Å². The number of nitrogens with zero attached hydrogens (tertiary/aromatic N) is 4. The number of anilines is 1. The third-order valence-corrected chi connectivity index (χ3v) is 4.52. The van der Waals surface area contributed by atoms with Gasteiger partial charge in [0, 0.05) is 10.6 Å². The van der Waals surface area contributed by atoms with E-state index in [2.05, 4.69) is 20.6 Å². The number of benzene rings is 2. The van der Waals surface area contributed by atoms with Gasteiger partial charge in [-0.3, -0.25) is 10.1 Å². The molecule has 0 unspecified atom stereocenters. The van der Waals surface area contributed by atoms with Crippen molar-refractivity contribution in [3.8, 4) is 17.1 Å². The monoisotopic (exact) mass is 385 g/mol. The molecule has 0 spiro atoms. The lowest BCUT2D eigenvalue weighted by atomic mass is 10.2. The molecule has 2 heterocycles. The Morgan fingerprint density at radius 3 is 2.65 bits per heavy atom. The first-order valence-electron chi connectivity index (χ1n) is 7.65. The Morgan fingerprint density at radius 1 is 1.12 bits per heavy atom. The quantitative estimate of drug-likeness (QED) is 0.568. The van der Waals surface area contributed by atoms with Crippen molar-refractivity contribution in [2.45, 2.75) is 0 Å². The van der Waals surface area contributed by atoms with Gasteiger partial charge in [0.1, 0.15) is 5.75 Å². The third kappa shape index (κ3) is 3.51. The van der Waals surface area contributed by atoms with E-state index in [4.69, 9.17) is 16.3 Å². The number of halogens is 1. The van der Waals surface area contributed by atoms with Crippen molar-refractivity contribution < 1.29 is 9.53 Å². The number of hydrogen-bond acceptors (Lipinski definition) is 6. The number of amides is 1. The molecule has 2 aromatic carbocycles.